The Morgan fingerprint density at radius 1 is 1.38 bits per heavy atom. The van der Waals surface area contributed by atoms with Crippen molar-refractivity contribution in [3.05, 3.63) is 0 Å². The number of piperidine rings is 1. The van der Waals surface area contributed by atoms with Crippen LogP contribution < -0.4 is 0 Å². The molecule has 0 bridgehead atoms. The average Bonchev–Trinajstić information content (AvgIpc) is 2.21. The molecule has 1 aliphatic heterocycles. The molecule has 4 nitrogen and oxygen atoms in total. The van der Waals surface area contributed by atoms with Gasteiger partial charge in [-0.2, -0.15) is 0 Å². The Labute approximate surface area is 98.5 Å². The van der Waals surface area contributed by atoms with Gasteiger partial charge >= 0.3 is 5.97 Å². The third-order valence-electron chi connectivity index (χ3n) is 3.03. The van der Waals surface area contributed by atoms with Crippen LogP contribution in [0.25, 0.3) is 0 Å². The van der Waals surface area contributed by atoms with Gasteiger partial charge in [0.1, 0.15) is 6.61 Å². The number of esters is 1. The lowest BCUT2D eigenvalue weighted by Gasteiger charge is -2.29. The maximum absolute atomic E-state index is 11.5. The third-order valence-corrected chi connectivity index (χ3v) is 3.03. The number of hydrogen-bond acceptors (Lipinski definition) is 4. The molecule has 0 radical (unpaired) electrons. The molecule has 1 rings (SSSR count). The second-order valence-corrected chi connectivity index (χ2v) is 4.98. The van der Waals surface area contributed by atoms with E-state index < -0.39 is 0 Å². The van der Waals surface area contributed by atoms with Crippen molar-refractivity contribution in [1.82, 2.24) is 9.80 Å². The minimum absolute atomic E-state index is 0.0867. The Balaban J connectivity index is 2.09. The van der Waals surface area contributed by atoms with Crippen LogP contribution in [0.2, 0.25) is 0 Å². The van der Waals surface area contributed by atoms with E-state index in [1.807, 2.05) is 19.0 Å². The first-order valence-corrected chi connectivity index (χ1v) is 6.10. The van der Waals surface area contributed by atoms with Crippen molar-refractivity contribution in [3.63, 3.8) is 0 Å². The van der Waals surface area contributed by atoms with E-state index in [2.05, 4.69) is 11.8 Å². The molecule has 0 atom stereocenters. The Morgan fingerprint density at radius 3 is 2.56 bits per heavy atom. The predicted octanol–water partition coefficient (Wildman–Crippen LogP) is 0.823. The molecule has 0 unspecified atom stereocenters. The molecule has 0 aromatic carbocycles. The molecular weight excluding hydrogens is 204 g/mol. The summed E-state index contributed by atoms with van der Waals surface area (Å²) >= 11 is 0. The summed E-state index contributed by atoms with van der Waals surface area (Å²) in [5.74, 6) is 0.720. The highest BCUT2D eigenvalue weighted by Gasteiger charge is 2.18. The van der Waals surface area contributed by atoms with Gasteiger partial charge in [0.25, 0.3) is 0 Å². The van der Waals surface area contributed by atoms with Crippen LogP contribution in [-0.4, -0.2) is 62.7 Å². The smallest absolute Gasteiger partial charge is 0.320 e. The zero-order valence-corrected chi connectivity index (χ0v) is 10.7. The molecular formula is C12H24N2O2. The first-order valence-electron chi connectivity index (χ1n) is 6.10. The van der Waals surface area contributed by atoms with Crippen LogP contribution in [0.3, 0.4) is 0 Å². The highest BCUT2D eigenvalue weighted by atomic mass is 16.5. The molecule has 0 saturated carbocycles. The molecule has 0 aliphatic carbocycles. The van der Waals surface area contributed by atoms with Crippen molar-refractivity contribution in [2.45, 2.75) is 19.8 Å². The summed E-state index contributed by atoms with van der Waals surface area (Å²) in [6.07, 6.45) is 2.40. The Kier molecular flexibility index (Phi) is 5.77. The Hall–Kier alpha value is -0.610. The van der Waals surface area contributed by atoms with Gasteiger partial charge in [0.15, 0.2) is 0 Å². The number of likely N-dealkylation sites (tertiary alicyclic amines) is 1. The average molecular weight is 228 g/mol. The first kappa shape index (κ1) is 13.5. The van der Waals surface area contributed by atoms with Crippen molar-refractivity contribution in [2.75, 3.05) is 46.9 Å². The molecule has 1 saturated heterocycles. The molecule has 0 aromatic rings. The minimum Gasteiger partial charge on any atom is -0.463 e. The molecule has 16 heavy (non-hydrogen) atoms. The van der Waals surface area contributed by atoms with E-state index in [4.69, 9.17) is 4.74 Å². The largest absolute Gasteiger partial charge is 0.463 e. The van der Waals surface area contributed by atoms with Gasteiger partial charge in [-0.3, -0.25) is 9.69 Å². The summed E-state index contributed by atoms with van der Waals surface area (Å²) in [5, 5.41) is 0. The Bertz CT molecular complexity index is 211. The van der Waals surface area contributed by atoms with Gasteiger partial charge in [-0.05, 0) is 45.9 Å². The second kappa shape index (κ2) is 6.86. The van der Waals surface area contributed by atoms with Crippen molar-refractivity contribution in [3.8, 4) is 0 Å². The van der Waals surface area contributed by atoms with Crippen LogP contribution in [0.15, 0.2) is 0 Å². The van der Waals surface area contributed by atoms with Crippen molar-refractivity contribution in [1.29, 1.82) is 0 Å². The number of carbonyl (C=O) groups is 1. The lowest BCUT2D eigenvalue weighted by atomic mass is 9.99. The SMILES string of the molecule is CC1CCN(CC(=O)OCCN(C)C)CC1. The lowest BCUT2D eigenvalue weighted by Crippen LogP contribution is -2.37. The van der Waals surface area contributed by atoms with E-state index in [1.165, 1.54) is 12.8 Å². The summed E-state index contributed by atoms with van der Waals surface area (Å²) in [5.41, 5.74) is 0. The summed E-state index contributed by atoms with van der Waals surface area (Å²) < 4.78 is 5.16. The molecule has 0 spiro atoms. The number of rotatable bonds is 5. The van der Waals surface area contributed by atoms with E-state index in [-0.39, 0.29) is 5.97 Å². The summed E-state index contributed by atoms with van der Waals surface area (Å²) in [6, 6.07) is 0. The maximum atomic E-state index is 11.5. The van der Waals surface area contributed by atoms with Gasteiger partial charge in [-0.1, -0.05) is 6.92 Å². The van der Waals surface area contributed by atoms with E-state index in [1.54, 1.807) is 0 Å². The first-order chi connectivity index (χ1) is 7.58. The summed E-state index contributed by atoms with van der Waals surface area (Å²) in [4.78, 5) is 15.7. The van der Waals surface area contributed by atoms with Crippen molar-refractivity contribution < 1.29 is 9.53 Å². The van der Waals surface area contributed by atoms with Gasteiger partial charge in [-0.15, -0.1) is 0 Å². The highest BCUT2D eigenvalue weighted by Crippen LogP contribution is 2.15. The van der Waals surface area contributed by atoms with Gasteiger partial charge in [-0.25, -0.2) is 0 Å². The summed E-state index contributed by atoms with van der Waals surface area (Å²) in [7, 11) is 3.94. The summed E-state index contributed by atoms with van der Waals surface area (Å²) in [6.45, 7) is 6.08. The van der Waals surface area contributed by atoms with Crippen LogP contribution in [0.1, 0.15) is 19.8 Å². The molecule has 0 amide bonds. The van der Waals surface area contributed by atoms with Crippen LogP contribution in [0.5, 0.6) is 0 Å². The number of nitrogens with zero attached hydrogens (tertiary/aromatic N) is 2. The molecule has 1 aliphatic rings. The minimum atomic E-state index is -0.0867. The van der Waals surface area contributed by atoms with Crippen LogP contribution in [-0.2, 0) is 9.53 Å². The molecule has 4 heteroatoms. The maximum Gasteiger partial charge on any atom is 0.320 e. The van der Waals surface area contributed by atoms with E-state index in [0.717, 1.165) is 25.6 Å². The fourth-order valence-corrected chi connectivity index (χ4v) is 1.79. The Morgan fingerprint density at radius 2 is 2.00 bits per heavy atom. The van der Waals surface area contributed by atoms with E-state index >= 15 is 0 Å². The molecule has 1 heterocycles. The highest BCUT2D eigenvalue weighted by molar-refractivity contribution is 5.71. The molecule has 0 N–H and O–H groups in total. The standard InChI is InChI=1S/C12H24N2O2/c1-11-4-6-14(7-5-11)10-12(15)16-9-8-13(2)3/h11H,4-10H2,1-3H3. The van der Waals surface area contributed by atoms with Crippen LogP contribution in [0.4, 0.5) is 0 Å². The van der Waals surface area contributed by atoms with Gasteiger partial charge in [0, 0.05) is 6.54 Å². The molecule has 1 fully saturated rings. The fourth-order valence-electron chi connectivity index (χ4n) is 1.79. The molecule has 0 aromatic heterocycles. The number of carbonyl (C=O) groups excluding carboxylic acids is 1. The van der Waals surface area contributed by atoms with Gasteiger partial charge < -0.3 is 9.64 Å². The van der Waals surface area contributed by atoms with Crippen molar-refractivity contribution in [2.24, 2.45) is 5.92 Å². The monoisotopic (exact) mass is 228 g/mol. The van der Waals surface area contributed by atoms with E-state index in [9.17, 15) is 4.79 Å². The quantitative estimate of drug-likeness (QED) is 0.652. The zero-order valence-electron chi connectivity index (χ0n) is 10.7. The number of likely N-dealkylation sites (N-methyl/N-ethyl adjacent to an activating group) is 1. The lowest BCUT2D eigenvalue weighted by molar-refractivity contribution is -0.145. The van der Waals surface area contributed by atoms with Gasteiger partial charge in [0.05, 0.1) is 6.54 Å². The molecule has 94 valence electrons. The van der Waals surface area contributed by atoms with Crippen LogP contribution >= 0.6 is 0 Å². The van der Waals surface area contributed by atoms with Crippen molar-refractivity contribution >= 4 is 5.97 Å². The van der Waals surface area contributed by atoms with Crippen LogP contribution in [0, 0.1) is 5.92 Å². The van der Waals surface area contributed by atoms with Gasteiger partial charge in [0.2, 0.25) is 0 Å². The fraction of sp³-hybridized carbons (Fsp3) is 0.917. The predicted molar refractivity (Wildman–Crippen MR) is 64.4 cm³/mol. The topological polar surface area (TPSA) is 32.8 Å². The second-order valence-electron chi connectivity index (χ2n) is 4.98. The normalized spacial score (nSPS) is 19.0. The number of ether oxygens (including phenoxy) is 1. The zero-order chi connectivity index (χ0) is 12.0. The number of hydrogen-bond donors (Lipinski definition) is 0. The third kappa shape index (κ3) is 5.47. The van der Waals surface area contributed by atoms with E-state index in [0.29, 0.717) is 13.2 Å².